The Balaban J connectivity index is 0.00000247. The van der Waals surface area contributed by atoms with Crippen LogP contribution < -0.4 is 11.0 Å². The van der Waals surface area contributed by atoms with E-state index in [4.69, 9.17) is 16.4 Å². The highest BCUT2D eigenvalue weighted by Crippen LogP contribution is 2.33. The number of hydrazine groups is 1. The van der Waals surface area contributed by atoms with Crippen LogP contribution in [0.1, 0.15) is 23.7 Å². The van der Waals surface area contributed by atoms with E-state index in [1.807, 2.05) is 6.79 Å². The molecule has 200 valence electrons. The largest absolute Gasteiger partial charge is 0.433 e. The molecule has 3 aromatic rings. The monoisotopic (exact) mass is 546 g/mol. The van der Waals surface area contributed by atoms with Gasteiger partial charge in [-0.2, -0.15) is 18.3 Å². The molecule has 3 aromatic heterocycles. The van der Waals surface area contributed by atoms with Crippen LogP contribution in [-0.4, -0.2) is 38.6 Å². The summed E-state index contributed by atoms with van der Waals surface area (Å²) in [5.41, 5.74) is 4.60. The van der Waals surface area contributed by atoms with Crippen molar-refractivity contribution in [3.63, 3.8) is 0 Å². The molecule has 0 fully saturated rings. The smallest absolute Gasteiger partial charge is 0.307 e. The highest BCUT2D eigenvalue weighted by atomic mass is 35.5. The first-order valence-electron chi connectivity index (χ1n) is 11.0. The Bertz CT molecular complexity index is 1370. The molecular weight excluding hydrogens is 521 g/mol. The van der Waals surface area contributed by atoms with Crippen LogP contribution in [0.2, 0.25) is 0 Å². The molecule has 0 atom stereocenters. The van der Waals surface area contributed by atoms with E-state index in [9.17, 15) is 18.0 Å². The molecule has 38 heavy (non-hydrogen) atoms. The maximum atomic E-state index is 13.3. The van der Waals surface area contributed by atoms with Crippen molar-refractivity contribution in [2.75, 3.05) is 12.5 Å². The first-order valence-corrected chi connectivity index (χ1v) is 11.4. The maximum absolute atomic E-state index is 13.3. The minimum atomic E-state index is -4.51. The van der Waals surface area contributed by atoms with Crippen LogP contribution >= 0.6 is 11.6 Å². The number of anilines is 1. The van der Waals surface area contributed by atoms with Gasteiger partial charge in [0.15, 0.2) is 5.82 Å². The van der Waals surface area contributed by atoms with Crippen molar-refractivity contribution in [3.8, 4) is 11.1 Å². The predicted molar refractivity (Wildman–Crippen MR) is 142 cm³/mol. The minimum absolute atomic E-state index is 0.212. The van der Waals surface area contributed by atoms with Gasteiger partial charge in [0.2, 0.25) is 0 Å². The fourth-order valence-corrected chi connectivity index (χ4v) is 3.53. The van der Waals surface area contributed by atoms with Crippen molar-refractivity contribution >= 4 is 29.8 Å². The highest BCUT2D eigenvalue weighted by molar-refractivity contribution is 6.30. The van der Waals surface area contributed by atoms with Gasteiger partial charge in [-0.3, -0.25) is 14.8 Å². The van der Waals surface area contributed by atoms with Crippen LogP contribution in [0.3, 0.4) is 0 Å². The molecule has 0 saturated carbocycles. The average Bonchev–Trinajstić information content (AvgIpc) is 2.88. The summed E-state index contributed by atoms with van der Waals surface area (Å²) in [6, 6.07) is 5.80. The standard InChI is InChI=1S/C25H24ClF3N6O.CH2O/c1-5-18(8-6-16(2)26)22-21(19-10-12-30-13-11-19)23(33-35(4)24(22)36)32-34(3)15-17-7-9-20(31-14-17)25(27,28)29;1-2/h5-14H,2,15H2,1,3-4H3,(H,32,33);1H2/b8-6-,18-5+;. The number of halogens is 4. The molecule has 0 aromatic carbocycles. The van der Waals surface area contributed by atoms with E-state index in [0.717, 1.165) is 6.07 Å². The van der Waals surface area contributed by atoms with Crippen LogP contribution in [0, 0.1) is 0 Å². The number of hydrogen-bond donors (Lipinski definition) is 1. The molecule has 0 unspecified atom stereocenters. The van der Waals surface area contributed by atoms with Crippen LogP contribution in [0.25, 0.3) is 16.7 Å². The van der Waals surface area contributed by atoms with E-state index in [0.29, 0.717) is 38.7 Å². The molecule has 12 heteroatoms. The van der Waals surface area contributed by atoms with E-state index in [1.165, 1.54) is 24.0 Å². The Morgan fingerprint density at radius 2 is 1.84 bits per heavy atom. The van der Waals surface area contributed by atoms with Crippen molar-refractivity contribution in [1.29, 1.82) is 0 Å². The summed E-state index contributed by atoms with van der Waals surface area (Å²) in [6.07, 6.45) is 4.92. The van der Waals surface area contributed by atoms with Gasteiger partial charge in [-0.15, -0.1) is 0 Å². The zero-order valence-electron chi connectivity index (χ0n) is 21.0. The van der Waals surface area contributed by atoms with Gasteiger partial charge in [-0.1, -0.05) is 36.4 Å². The van der Waals surface area contributed by atoms with E-state index in [1.54, 1.807) is 61.7 Å². The van der Waals surface area contributed by atoms with Crippen LogP contribution in [-0.2, 0) is 24.6 Å². The number of pyridine rings is 2. The van der Waals surface area contributed by atoms with Crippen molar-refractivity contribution < 1.29 is 18.0 Å². The number of allylic oxidation sites excluding steroid dienone is 5. The summed E-state index contributed by atoms with van der Waals surface area (Å²) in [5.74, 6) is 0.359. The molecule has 0 spiro atoms. The van der Waals surface area contributed by atoms with Gasteiger partial charge in [0.1, 0.15) is 12.5 Å². The Labute approximate surface area is 222 Å². The summed E-state index contributed by atoms with van der Waals surface area (Å²) in [5, 5.41) is 6.36. The number of aryl methyl sites for hydroxylation is 1. The number of aromatic nitrogens is 4. The summed E-state index contributed by atoms with van der Waals surface area (Å²) in [4.78, 5) is 28.8. The van der Waals surface area contributed by atoms with E-state index in [2.05, 4.69) is 27.1 Å². The number of alkyl halides is 3. The Morgan fingerprint density at radius 1 is 1.18 bits per heavy atom. The number of carbonyl (C=O) groups excluding carboxylic acids is 1. The number of nitrogens with zero attached hydrogens (tertiary/aromatic N) is 5. The summed E-state index contributed by atoms with van der Waals surface area (Å²) >= 11 is 5.91. The van der Waals surface area contributed by atoms with Crippen molar-refractivity contribution in [2.24, 2.45) is 7.05 Å². The SMILES string of the molecule is C=C(Cl)/C=C\C(=C/C)c1c(-c2ccncc2)c(NN(C)Cc2ccc(C(F)(F)F)nc2)nn(C)c1=O.C=O. The first kappa shape index (κ1) is 30.1. The highest BCUT2D eigenvalue weighted by Gasteiger charge is 2.32. The lowest BCUT2D eigenvalue weighted by atomic mass is 9.96. The third-order valence-corrected chi connectivity index (χ3v) is 5.21. The topological polar surface area (TPSA) is 93.0 Å². The Hall–Kier alpha value is -4.09. The Kier molecular flexibility index (Phi) is 10.7. The minimum Gasteiger partial charge on any atom is -0.307 e. The van der Waals surface area contributed by atoms with Crippen LogP contribution in [0.5, 0.6) is 0 Å². The lowest BCUT2D eigenvalue weighted by molar-refractivity contribution is -0.141. The van der Waals surface area contributed by atoms with Crippen molar-refractivity contribution in [1.82, 2.24) is 24.8 Å². The second-order valence-corrected chi connectivity index (χ2v) is 8.29. The number of nitrogens with one attached hydrogen (secondary N) is 1. The van der Waals surface area contributed by atoms with Gasteiger partial charge >= 0.3 is 6.18 Å². The van der Waals surface area contributed by atoms with Gasteiger partial charge in [0.25, 0.3) is 5.56 Å². The van der Waals surface area contributed by atoms with E-state index >= 15 is 0 Å². The van der Waals surface area contributed by atoms with Crippen molar-refractivity contribution in [2.45, 2.75) is 19.6 Å². The number of hydrogen-bond acceptors (Lipinski definition) is 7. The summed E-state index contributed by atoms with van der Waals surface area (Å²) < 4.78 is 39.7. The molecule has 1 N–H and O–H groups in total. The predicted octanol–water partition coefficient (Wildman–Crippen LogP) is 5.24. The molecule has 0 amide bonds. The third kappa shape index (κ3) is 7.70. The maximum Gasteiger partial charge on any atom is 0.433 e. The fraction of sp³-hybridized carbons (Fsp3) is 0.192. The fourth-order valence-electron chi connectivity index (χ4n) is 3.46. The molecule has 0 bridgehead atoms. The molecule has 0 aliphatic heterocycles. The molecule has 0 saturated heterocycles. The third-order valence-electron chi connectivity index (χ3n) is 5.09. The van der Waals surface area contributed by atoms with Gasteiger partial charge < -0.3 is 10.2 Å². The lowest BCUT2D eigenvalue weighted by Crippen LogP contribution is -2.31. The van der Waals surface area contributed by atoms with Crippen LogP contribution in [0.15, 0.2) is 77.5 Å². The Morgan fingerprint density at radius 3 is 2.37 bits per heavy atom. The van der Waals surface area contributed by atoms with Gasteiger partial charge in [0.05, 0.1) is 5.56 Å². The normalized spacial score (nSPS) is 11.8. The lowest BCUT2D eigenvalue weighted by Gasteiger charge is -2.23. The van der Waals surface area contributed by atoms with Gasteiger partial charge in [-0.05, 0) is 47.9 Å². The van der Waals surface area contributed by atoms with Gasteiger partial charge in [-0.25, -0.2) is 9.69 Å². The van der Waals surface area contributed by atoms with Crippen LogP contribution in [0.4, 0.5) is 19.0 Å². The number of rotatable bonds is 8. The van der Waals surface area contributed by atoms with Crippen molar-refractivity contribution in [3.05, 3.63) is 99.9 Å². The molecule has 0 aliphatic rings. The van der Waals surface area contributed by atoms with Gasteiger partial charge in [0, 0.05) is 49.8 Å². The quantitative estimate of drug-likeness (QED) is 0.305. The number of carbonyl (C=O) groups is 1. The average molecular weight is 547 g/mol. The zero-order chi connectivity index (χ0) is 28.5. The molecular formula is C26H26ClF3N6O2. The first-order chi connectivity index (χ1) is 18.0. The second kappa shape index (κ2) is 13.5. The second-order valence-electron chi connectivity index (χ2n) is 7.80. The summed E-state index contributed by atoms with van der Waals surface area (Å²) in [6.45, 7) is 7.66. The summed E-state index contributed by atoms with van der Waals surface area (Å²) in [7, 11) is 3.24. The zero-order valence-corrected chi connectivity index (χ0v) is 21.7. The molecule has 3 heterocycles. The van der Waals surface area contributed by atoms with E-state index < -0.39 is 11.9 Å². The molecule has 3 rings (SSSR count). The van der Waals surface area contributed by atoms with E-state index in [-0.39, 0.29) is 12.1 Å². The molecule has 8 nitrogen and oxygen atoms in total. The molecule has 0 aliphatic carbocycles. The molecule has 0 radical (unpaired) electrons.